The fourth-order valence-electron chi connectivity index (χ4n) is 9.58. The van der Waals surface area contributed by atoms with Crippen LogP contribution in [0.3, 0.4) is 0 Å². The second-order valence-corrected chi connectivity index (χ2v) is 15.8. The molecule has 0 spiro atoms. The van der Waals surface area contributed by atoms with Gasteiger partial charge in [0.1, 0.15) is 11.2 Å². The molecule has 2 heteroatoms. The molecule has 0 unspecified atom stereocenters. The quantitative estimate of drug-likeness (QED) is 0.152. The van der Waals surface area contributed by atoms with Crippen LogP contribution >= 0.6 is 0 Å². The van der Waals surface area contributed by atoms with E-state index in [1.165, 1.54) is 4.90 Å². The highest BCUT2D eigenvalue weighted by atomic mass is 16.3. The summed E-state index contributed by atoms with van der Waals surface area (Å²) in [5.74, 6) is 0. The first-order valence-electron chi connectivity index (χ1n) is 25.0. The molecule has 296 valence electrons. The molecule has 0 saturated heterocycles. The average Bonchev–Trinajstić information content (AvgIpc) is 3.95. The van der Waals surface area contributed by atoms with Crippen LogP contribution in [0.1, 0.15) is 33.2 Å². The highest BCUT2D eigenvalue weighted by Crippen LogP contribution is 2.57. The van der Waals surface area contributed by atoms with Gasteiger partial charge in [-0.2, -0.15) is 0 Å². The third-order valence-corrected chi connectivity index (χ3v) is 12.4. The van der Waals surface area contributed by atoms with Gasteiger partial charge in [0.15, 0.2) is 0 Å². The van der Waals surface area contributed by atoms with Crippen molar-refractivity contribution in [3.8, 4) is 44.5 Å². The highest BCUT2D eigenvalue weighted by Gasteiger charge is 2.46. The van der Waals surface area contributed by atoms with Gasteiger partial charge >= 0.3 is 0 Å². The summed E-state index contributed by atoms with van der Waals surface area (Å²) in [4.78, 5) is 1.52. The largest absolute Gasteiger partial charge is 0.455 e. The molecular weight excluding hydrogens is 763 g/mol. The van der Waals surface area contributed by atoms with Gasteiger partial charge in [0.25, 0.3) is 0 Å². The normalized spacial score (nSPS) is 14.3. The average molecular weight is 812 g/mol. The predicted octanol–water partition coefficient (Wildman–Crippen LogP) is 16.4. The van der Waals surface area contributed by atoms with E-state index in [2.05, 4.69) is 36.4 Å². The number of hydrogen-bond donors (Lipinski definition) is 0. The number of fused-ring (bicyclic) bond motifs is 6. The van der Waals surface area contributed by atoms with Crippen LogP contribution in [-0.2, 0) is 5.41 Å². The molecule has 1 aliphatic rings. The van der Waals surface area contributed by atoms with Crippen LogP contribution < -0.4 is 4.90 Å². The molecule has 0 fully saturated rings. The van der Waals surface area contributed by atoms with E-state index in [0.717, 1.165) is 55.3 Å². The first-order valence-corrected chi connectivity index (χ1v) is 21.0. The second kappa shape index (κ2) is 15.1. The standard InChI is InChI=1S/C61H41NO/c1-4-17-42(18-5-1)43-31-33-44(34-32-43)50-23-11-14-29-58(50)62(48-37-35-45(36-38-48)51-26-16-27-55-54-25-12-15-30-59(54)63-60(51)55)49-39-40-53-52-24-10-13-28-56(52)61(57(53)41-49,46-19-6-2-7-20-46)47-21-8-3-9-22-47/h1-41H/i11D,14D,23D,29D,35D,36D,37D,38D. The Morgan fingerprint density at radius 3 is 1.73 bits per heavy atom. The number of rotatable bonds is 8. The molecule has 1 aromatic heterocycles. The molecule has 63 heavy (non-hydrogen) atoms. The summed E-state index contributed by atoms with van der Waals surface area (Å²) >= 11 is 0. The van der Waals surface area contributed by atoms with Gasteiger partial charge in [0, 0.05) is 33.3 Å². The van der Waals surface area contributed by atoms with Crippen molar-refractivity contribution in [2.45, 2.75) is 5.41 Å². The Morgan fingerprint density at radius 2 is 0.968 bits per heavy atom. The van der Waals surface area contributed by atoms with E-state index in [0.29, 0.717) is 28.0 Å². The molecule has 0 amide bonds. The zero-order valence-corrected chi connectivity index (χ0v) is 33.9. The van der Waals surface area contributed by atoms with Crippen molar-refractivity contribution in [3.05, 3.63) is 271 Å². The number of nitrogens with zero attached hydrogens (tertiary/aromatic N) is 1. The molecule has 0 aliphatic heterocycles. The van der Waals surface area contributed by atoms with Crippen molar-refractivity contribution >= 4 is 39.0 Å². The van der Waals surface area contributed by atoms with E-state index in [1.54, 1.807) is 6.07 Å². The van der Waals surface area contributed by atoms with Crippen LogP contribution in [0, 0.1) is 0 Å². The Bertz CT molecular complexity index is 3840. The van der Waals surface area contributed by atoms with Gasteiger partial charge in [-0.05, 0) is 92.0 Å². The lowest BCUT2D eigenvalue weighted by molar-refractivity contribution is 0.670. The molecule has 0 saturated carbocycles. The molecule has 0 radical (unpaired) electrons. The Labute approximate surface area is 378 Å². The maximum absolute atomic E-state index is 10.0. The maximum atomic E-state index is 10.0. The van der Waals surface area contributed by atoms with Gasteiger partial charge in [0.05, 0.1) is 22.1 Å². The van der Waals surface area contributed by atoms with Crippen molar-refractivity contribution in [2.75, 3.05) is 4.90 Å². The van der Waals surface area contributed by atoms with Gasteiger partial charge in [-0.25, -0.2) is 0 Å². The first-order chi connectivity index (χ1) is 34.6. The predicted molar refractivity (Wildman–Crippen MR) is 262 cm³/mol. The van der Waals surface area contributed by atoms with Crippen molar-refractivity contribution in [2.24, 2.45) is 0 Å². The second-order valence-electron chi connectivity index (χ2n) is 15.8. The van der Waals surface area contributed by atoms with Crippen LogP contribution in [0.25, 0.3) is 66.4 Å². The Hall–Kier alpha value is -8.20. The van der Waals surface area contributed by atoms with Crippen molar-refractivity contribution in [1.29, 1.82) is 0 Å². The third kappa shape index (κ3) is 5.95. The van der Waals surface area contributed by atoms with Crippen LogP contribution in [0.2, 0.25) is 0 Å². The zero-order chi connectivity index (χ0) is 48.7. The minimum absolute atomic E-state index is 0.0307. The first kappa shape index (κ1) is 29.1. The Balaban J connectivity index is 1.18. The minimum Gasteiger partial charge on any atom is -0.455 e. The summed E-state index contributed by atoms with van der Waals surface area (Å²) in [6.45, 7) is 0. The summed E-state index contributed by atoms with van der Waals surface area (Å²) < 4.78 is 83.8. The van der Waals surface area contributed by atoms with E-state index < -0.39 is 35.6 Å². The smallest absolute Gasteiger partial charge is 0.143 e. The number of furan rings is 1. The van der Waals surface area contributed by atoms with Crippen molar-refractivity contribution in [1.82, 2.24) is 0 Å². The fourth-order valence-corrected chi connectivity index (χ4v) is 9.58. The van der Waals surface area contributed by atoms with E-state index in [4.69, 9.17) is 5.79 Å². The van der Waals surface area contributed by atoms with Gasteiger partial charge in [-0.15, -0.1) is 0 Å². The van der Waals surface area contributed by atoms with Gasteiger partial charge in [-0.1, -0.05) is 212 Å². The van der Waals surface area contributed by atoms with E-state index in [9.17, 15) is 9.60 Å². The molecule has 2 nitrogen and oxygen atoms in total. The number of benzene rings is 10. The Morgan fingerprint density at radius 1 is 0.381 bits per heavy atom. The minimum atomic E-state index is -0.883. The summed E-state index contributed by atoms with van der Waals surface area (Å²) in [6, 6.07) is 61.7. The molecule has 10 aromatic carbocycles. The molecule has 0 bridgehead atoms. The summed E-state index contributed by atoms with van der Waals surface area (Å²) in [7, 11) is 0. The molecule has 12 rings (SSSR count). The van der Waals surface area contributed by atoms with Crippen LogP contribution in [0.4, 0.5) is 17.1 Å². The summed E-state index contributed by atoms with van der Waals surface area (Å²) in [5, 5.41) is 1.62. The van der Waals surface area contributed by atoms with E-state index in [1.807, 2.05) is 158 Å². The van der Waals surface area contributed by atoms with Crippen LogP contribution in [-0.4, -0.2) is 0 Å². The summed E-state index contributed by atoms with van der Waals surface area (Å²) in [6.07, 6.45) is 0. The topological polar surface area (TPSA) is 16.4 Å². The van der Waals surface area contributed by atoms with Crippen LogP contribution in [0.15, 0.2) is 253 Å². The van der Waals surface area contributed by atoms with Gasteiger partial charge in [0.2, 0.25) is 0 Å². The van der Waals surface area contributed by atoms with Crippen molar-refractivity contribution < 1.29 is 15.4 Å². The maximum Gasteiger partial charge on any atom is 0.143 e. The monoisotopic (exact) mass is 811 g/mol. The fraction of sp³-hybridized carbons (Fsp3) is 0.0164. The molecule has 0 atom stereocenters. The van der Waals surface area contributed by atoms with Gasteiger partial charge < -0.3 is 9.32 Å². The Kier molecular flexibility index (Phi) is 6.96. The third-order valence-electron chi connectivity index (χ3n) is 12.4. The zero-order valence-electron chi connectivity index (χ0n) is 41.9. The lowest BCUT2D eigenvalue weighted by atomic mass is 9.67. The molecular formula is C61H41NO. The number of hydrogen-bond acceptors (Lipinski definition) is 2. The van der Waals surface area contributed by atoms with E-state index in [-0.39, 0.29) is 40.6 Å². The van der Waals surface area contributed by atoms with Gasteiger partial charge in [-0.3, -0.25) is 0 Å². The highest BCUT2D eigenvalue weighted by molar-refractivity contribution is 6.09. The lowest BCUT2D eigenvalue weighted by Gasteiger charge is -2.35. The van der Waals surface area contributed by atoms with Crippen molar-refractivity contribution in [3.63, 3.8) is 0 Å². The van der Waals surface area contributed by atoms with Crippen LogP contribution in [0.5, 0.6) is 0 Å². The lowest BCUT2D eigenvalue weighted by Crippen LogP contribution is -2.28. The SMILES string of the molecule is [2H]c1c([2H])c([2H])c(N(c2ccc3c(c2)C(c2ccccc2)(c2ccccc2)c2ccccc2-3)c2c([2H])c([2H])c(-c3cccc4c3oc3ccccc34)c([2H])c2[2H])c(-c2ccc(-c3ccccc3)cc2)c1[2H]. The number of para-hydroxylation sites is 3. The number of anilines is 3. The molecule has 11 aromatic rings. The molecule has 1 heterocycles. The summed E-state index contributed by atoms with van der Waals surface area (Å²) in [5.41, 5.74) is 9.08. The molecule has 0 N–H and O–H groups in total. The van der Waals surface area contributed by atoms with E-state index >= 15 is 0 Å². The molecule has 1 aliphatic carbocycles.